The van der Waals surface area contributed by atoms with E-state index >= 15 is 0 Å². The Morgan fingerprint density at radius 3 is 2.09 bits per heavy atom. The van der Waals surface area contributed by atoms with Crippen LogP contribution in [-0.4, -0.2) is 71.6 Å². The lowest BCUT2D eigenvalue weighted by Crippen LogP contribution is -2.56. The molecule has 2 aliphatic heterocycles. The molecule has 0 bridgehead atoms. The van der Waals surface area contributed by atoms with Crippen molar-refractivity contribution in [1.29, 1.82) is 0 Å². The number of nitrogens with zero attached hydrogens (tertiary/aromatic N) is 3. The Hall–Kier alpha value is -2.30. The molecular weight excluding hydrogens is 593 g/mol. The minimum absolute atomic E-state index is 0.144. The van der Waals surface area contributed by atoms with Gasteiger partial charge in [-0.2, -0.15) is 0 Å². The van der Waals surface area contributed by atoms with Gasteiger partial charge in [0.25, 0.3) is 0 Å². The number of methoxy groups -OCH3 is 1. The van der Waals surface area contributed by atoms with Crippen molar-refractivity contribution in [1.82, 2.24) is 14.1 Å². The van der Waals surface area contributed by atoms with E-state index in [1.165, 1.54) is 0 Å². The summed E-state index contributed by atoms with van der Waals surface area (Å²) in [6.07, 6.45) is 3.99. The van der Waals surface area contributed by atoms with Gasteiger partial charge in [-0.25, -0.2) is 9.78 Å². The summed E-state index contributed by atoms with van der Waals surface area (Å²) in [5, 5.41) is 11.5. The topological polar surface area (TPSA) is 86.1 Å². The highest BCUT2D eigenvalue weighted by Gasteiger charge is 2.53. The number of piperidine rings is 1. The fourth-order valence-corrected chi connectivity index (χ4v) is 15.5. The van der Waals surface area contributed by atoms with Gasteiger partial charge in [-0.05, 0) is 85.9 Å². The van der Waals surface area contributed by atoms with Crippen LogP contribution in [-0.2, 0) is 9.31 Å². The number of amides is 1. The van der Waals surface area contributed by atoms with Crippen molar-refractivity contribution < 1.29 is 23.9 Å². The summed E-state index contributed by atoms with van der Waals surface area (Å²) < 4.78 is 21.8. The summed E-state index contributed by atoms with van der Waals surface area (Å²) in [4.78, 5) is 19.6. The number of carboxylic acid groups (broad SMARTS) is 1. The standard InChI is InChI=1S/C36H60BN3O5Si/c1-22(2)46(23(3)4,24(5)6)40-19-17-26-30(28(43-15)21-38-32(26)40)27(20-37-44-35(11,12)36(13,14)45-37)29-25(7)16-18-39(33(41)42)31(29)34(8,9)10/h17,19-25,29,31H,16,18H2,1-15H3,(H,41,42)/b27-20-/t25-,29+,31?/m1/s1. The molecule has 0 radical (unpaired) electrons. The fourth-order valence-electron chi connectivity index (χ4n) is 9.00. The maximum absolute atomic E-state index is 12.8. The van der Waals surface area contributed by atoms with E-state index in [0.29, 0.717) is 28.9 Å². The molecule has 2 aliphatic rings. The summed E-state index contributed by atoms with van der Waals surface area (Å²) in [5.74, 6) is 2.84. The molecule has 1 unspecified atom stereocenters. The Bertz CT molecular complexity index is 1420. The molecule has 8 nitrogen and oxygen atoms in total. The summed E-state index contributed by atoms with van der Waals surface area (Å²) in [5.41, 5.74) is 3.01. The zero-order chi connectivity index (χ0) is 34.7. The van der Waals surface area contributed by atoms with Crippen LogP contribution in [0.5, 0.6) is 5.75 Å². The molecule has 10 heteroatoms. The maximum atomic E-state index is 12.8. The Labute approximate surface area is 279 Å². The minimum atomic E-state index is -2.14. The summed E-state index contributed by atoms with van der Waals surface area (Å²) in [7, 11) is -1.06. The third kappa shape index (κ3) is 5.96. The number of carbonyl (C=O) groups is 1. The van der Waals surface area contributed by atoms with E-state index in [-0.39, 0.29) is 23.3 Å². The molecule has 256 valence electrons. The van der Waals surface area contributed by atoms with Crippen LogP contribution >= 0.6 is 0 Å². The van der Waals surface area contributed by atoms with Crippen molar-refractivity contribution in [3.8, 4) is 5.75 Å². The third-order valence-electron chi connectivity index (χ3n) is 11.6. The van der Waals surface area contributed by atoms with Crippen molar-refractivity contribution in [2.45, 2.75) is 137 Å². The van der Waals surface area contributed by atoms with E-state index < -0.39 is 32.6 Å². The molecule has 4 rings (SSSR count). The Balaban J connectivity index is 2.11. The van der Waals surface area contributed by atoms with Gasteiger partial charge in [-0.3, -0.25) is 0 Å². The number of hydrogen-bond acceptors (Lipinski definition) is 5. The predicted molar refractivity (Wildman–Crippen MR) is 192 cm³/mol. The van der Waals surface area contributed by atoms with E-state index in [9.17, 15) is 9.90 Å². The van der Waals surface area contributed by atoms with E-state index in [2.05, 4.69) is 119 Å². The average molecular weight is 654 g/mol. The monoisotopic (exact) mass is 653 g/mol. The molecule has 0 aliphatic carbocycles. The molecule has 1 amide bonds. The van der Waals surface area contributed by atoms with Crippen LogP contribution in [0.3, 0.4) is 0 Å². The van der Waals surface area contributed by atoms with Gasteiger partial charge >= 0.3 is 13.2 Å². The number of rotatable bonds is 8. The molecule has 46 heavy (non-hydrogen) atoms. The van der Waals surface area contributed by atoms with Crippen molar-refractivity contribution in [2.75, 3.05) is 13.7 Å². The van der Waals surface area contributed by atoms with E-state index in [1.807, 2.05) is 6.20 Å². The lowest BCUT2D eigenvalue weighted by Gasteiger charge is -2.50. The molecule has 3 atom stereocenters. The van der Waals surface area contributed by atoms with Gasteiger partial charge < -0.3 is 28.3 Å². The van der Waals surface area contributed by atoms with Crippen LogP contribution in [0.4, 0.5) is 4.79 Å². The van der Waals surface area contributed by atoms with Crippen LogP contribution in [0.2, 0.25) is 16.6 Å². The predicted octanol–water partition coefficient (Wildman–Crippen LogP) is 9.13. The Morgan fingerprint density at radius 1 is 1.09 bits per heavy atom. The molecule has 2 aromatic rings. The highest BCUT2D eigenvalue weighted by molar-refractivity contribution is 6.82. The van der Waals surface area contributed by atoms with E-state index in [4.69, 9.17) is 19.0 Å². The number of fused-ring (bicyclic) bond motifs is 1. The number of hydrogen-bond donors (Lipinski definition) is 1. The van der Waals surface area contributed by atoms with Crippen LogP contribution in [0.1, 0.15) is 109 Å². The van der Waals surface area contributed by atoms with E-state index in [0.717, 1.165) is 28.6 Å². The number of pyridine rings is 1. The lowest BCUT2D eigenvalue weighted by atomic mass is 9.64. The first kappa shape index (κ1) is 36.5. The Morgan fingerprint density at radius 2 is 1.63 bits per heavy atom. The van der Waals surface area contributed by atoms with Crippen molar-refractivity contribution in [3.05, 3.63) is 30.0 Å². The molecule has 1 N–H and O–H groups in total. The quantitative estimate of drug-likeness (QED) is 0.286. The van der Waals surface area contributed by atoms with Crippen LogP contribution in [0.25, 0.3) is 16.6 Å². The van der Waals surface area contributed by atoms with Gasteiger partial charge in [-0.15, -0.1) is 0 Å². The molecule has 0 aromatic carbocycles. The molecule has 4 heterocycles. The second-order valence-electron chi connectivity index (χ2n) is 16.8. The minimum Gasteiger partial charge on any atom is -0.494 e. The van der Waals surface area contributed by atoms with E-state index in [1.54, 1.807) is 12.0 Å². The normalized spacial score (nSPS) is 24.1. The van der Waals surface area contributed by atoms with Crippen molar-refractivity contribution >= 4 is 38.1 Å². The highest BCUT2D eigenvalue weighted by atomic mass is 28.3. The zero-order valence-corrected chi connectivity index (χ0v) is 32.2. The first-order valence-corrected chi connectivity index (χ1v) is 19.4. The maximum Gasteiger partial charge on any atom is 0.487 e. The third-order valence-corrected chi connectivity index (χ3v) is 18.3. The van der Waals surface area contributed by atoms with Gasteiger partial charge in [-0.1, -0.05) is 69.2 Å². The first-order valence-electron chi connectivity index (χ1n) is 17.2. The van der Waals surface area contributed by atoms with Crippen molar-refractivity contribution in [2.24, 2.45) is 17.3 Å². The first-order chi connectivity index (χ1) is 21.1. The summed E-state index contributed by atoms with van der Waals surface area (Å²) in [6, 6.07) is 1.93. The van der Waals surface area contributed by atoms with Gasteiger partial charge in [0.15, 0.2) is 8.24 Å². The lowest BCUT2D eigenvalue weighted by molar-refractivity contribution is 0.00578. The molecule has 0 saturated carbocycles. The largest absolute Gasteiger partial charge is 0.494 e. The molecule has 2 fully saturated rings. The fraction of sp³-hybridized carbons (Fsp3) is 0.722. The Kier molecular flexibility index (Phi) is 10.0. The molecule has 2 aromatic heterocycles. The number of likely N-dealkylation sites (tertiary alicyclic amines) is 1. The molecular formula is C36H60BN3O5Si. The van der Waals surface area contributed by atoms with Gasteiger partial charge in [0, 0.05) is 29.5 Å². The van der Waals surface area contributed by atoms with Gasteiger partial charge in [0.1, 0.15) is 11.4 Å². The molecule has 2 saturated heterocycles. The smallest absolute Gasteiger partial charge is 0.487 e. The highest BCUT2D eigenvalue weighted by Crippen LogP contribution is 2.51. The van der Waals surface area contributed by atoms with Crippen molar-refractivity contribution in [3.63, 3.8) is 0 Å². The number of ether oxygens (including phenoxy) is 1. The van der Waals surface area contributed by atoms with Gasteiger partial charge in [0.05, 0.1) is 24.5 Å². The average Bonchev–Trinajstić information content (AvgIpc) is 3.42. The van der Waals surface area contributed by atoms with Crippen LogP contribution < -0.4 is 4.74 Å². The number of aromatic nitrogens is 2. The second kappa shape index (κ2) is 12.6. The van der Waals surface area contributed by atoms with Crippen LogP contribution in [0, 0.1) is 17.3 Å². The van der Waals surface area contributed by atoms with Crippen LogP contribution in [0.15, 0.2) is 24.4 Å². The zero-order valence-electron chi connectivity index (χ0n) is 31.2. The second-order valence-corrected chi connectivity index (χ2v) is 22.5. The van der Waals surface area contributed by atoms with Gasteiger partial charge in [0.2, 0.25) is 0 Å². The summed E-state index contributed by atoms with van der Waals surface area (Å²) >= 11 is 0. The molecule has 0 spiro atoms. The SMILES string of the molecule is COc1cnc2c(ccn2[Si](C(C)C)(C(C)C)C(C)C)c1/C(=C\B1OC(C)(C)C(C)(C)O1)[C@H]1C(C(C)(C)C)N(C(=O)O)CC[C@H]1C. The summed E-state index contributed by atoms with van der Waals surface area (Å²) in [6.45, 7) is 31.6.